The lowest BCUT2D eigenvalue weighted by Gasteiger charge is -2.24. The molecule has 0 saturated carbocycles. The molecular weight excluding hydrogens is 404 g/mol. The van der Waals surface area contributed by atoms with E-state index < -0.39 is 10.0 Å². The van der Waals surface area contributed by atoms with E-state index in [0.29, 0.717) is 42.6 Å². The minimum atomic E-state index is -3.88. The molecule has 2 aromatic rings. The van der Waals surface area contributed by atoms with E-state index in [1.54, 1.807) is 6.07 Å². The first kappa shape index (κ1) is 22.4. The molecule has 7 nitrogen and oxygen atoms in total. The summed E-state index contributed by atoms with van der Waals surface area (Å²) in [6.07, 6.45) is 0.657. The highest BCUT2D eigenvalue weighted by atomic mass is 32.2. The average Bonchev–Trinajstić information content (AvgIpc) is 2.97. The normalized spacial score (nSPS) is 13.8. The number of aromatic nitrogens is 1. The lowest BCUT2D eigenvalue weighted by Crippen LogP contribution is -2.37. The van der Waals surface area contributed by atoms with E-state index in [1.807, 2.05) is 45.4 Å². The summed E-state index contributed by atoms with van der Waals surface area (Å²) in [6.45, 7) is 8.73. The van der Waals surface area contributed by atoms with Gasteiger partial charge in [0.25, 0.3) is 0 Å². The van der Waals surface area contributed by atoms with Crippen molar-refractivity contribution in [3.63, 3.8) is 0 Å². The molecule has 0 saturated heterocycles. The van der Waals surface area contributed by atoms with E-state index in [0.717, 1.165) is 11.4 Å². The number of hydrogen-bond acceptors (Lipinski definition) is 5. The van der Waals surface area contributed by atoms with E-state index >= 15 is 0 Å². The quantitative estimate of drug-likeness (QED) is 0.596. The van der Waals surface area contributed by atoms with E-state index in [1.165, 1.54) is 16.4 Å². The summed E-state index contributed by atoms with van der Waals surface area (Å²) in [4.78, 5) is 13.1. The van der Waals surface area contributed by atoms with Gasteiger partial charge in [-0.2, -0.15) is 4.31 Å². The zero-order chi connectivity index (χ0) is 22.1. The second-order valence-electron chi connectivity index (χ2n) is 8.09. The van der Waals surface area contributed by atoms with Crippen molar-refractivity contribution in [1.82, 2.24) is 8.87 Å². The fourth-order valence-corrected chi connectivity index (χ4v) is 4.83. The third-order valence-electron chi connectivity index (χ3n) is 5.50. The predicted molar refractivity (Wildman–Crippen MR) is 115 cm³/mol. The van der Waals surface area contributed by atoms with Crippen molar-refractivity contribution in [2.75, 3.05) is 26.3 Å². The number of carbonyl (C=O) groups is 1. The minimum absolute atomic E-state index is 0.101. The minimum Gasteiger partial charge on any atom is -0.486 e. The Balaban J connectivity index is 1.92. The summed E-state index contributed by atoms with van der Waals surface area (Å²) in [6, 6.07) is 6.41. The van der Waals surface area contributed by atoms with Crippen molar-refractivity contribution in [3.8, 4) is 11.5 Å². The molecule has 0 spiro atoms. The number of ketones is 1. The van der Waals surface area contributed by atoms with Crippen LogP contribution in [0.1, 0.15) is 42.0 Å². The first-order chi connectivity index (χ1) is 14.1. The molecule has 0 aliphatic carbocycles. The van der Waals surface area contributed by atoms with Crippen molar-refractivity contribution < 1.29 is 22.7 Å². The van der Waals surface area contributed by atoms with Gasteiger partial charge in [0.15, 0.2) is 17.3 Å². The van der Waals surface area contributed by atoms with Gasteiger partial charge in [0.2, 0.25) is 10.0 Å². The zero-order valence-corrected chi connectivity index (χ0v) is 19.1. The number of benzene rings is 1. The van der Waals surface area contributed by atoms with Crippen LogP contribution in [0.3, 0.4) is 0 Å². The summed E-state index contributed by atoms with van der Waals surface area (Å²) in [5.41, 5.74) is 2.35. The Bertz CT molecular complexity index is 1040. The number of rotatable bonds is 8. The molecule has 0 atom stereocenters. The standard InChI is InChI=1S/C22H30N2O5S/c1-15(2)8-9-24(14-20(25)19-12-16(3)23(5)17(19)4)30(26,27)18-6-7-21-22(13-18)29-11-10-28-21/h6-7,12-13,15H,8-11,14H2,1-5H3. The van der Waals surface area contributed by atoms with Crippen LogP contribution >= 0.6 is 0 Å². The second-order valence-corrected chi connectivity index (χ2v) is 10.0. The molecule has 0 N–H and O–H groups in total. The van der Waals surface area contributed by atoms with E-state index in [4.69, 9.17) is 9.47 Å². The van der Waals surface area contributed by atoms with Gasteiger partial charge in [0, 0.05) is 36.6 Å². The first-order valence-electron chi connectivity index (χ1n) is 10.2. The Hall–Kier alpha value is -2.32. The lowest BCUT2D eigenvalue weighted by atomic mass is 10.1. The van der Waals surface area contributed by atoms with Crippen molar-refractivity contribution >= 4 is 15.8 Å². The lowest BCUT2D eigenvalue weighted by molar-refractivity contribution is 0.0964. The van der Waals surface area contributed by atoms with Crippen LogP contribution in [0.4, 0.5) is 0 Å². The zero-order valence-electron chi connectivity index (χ0n) is 18.3. The van der Waals surface area contributed by atoms with Crippen molar-refractivity contribution in [3.05, 3.63) is 41.2 Å². The van der Waals surface area contributed by atoms with Crippen LogP contribution in [0, 0.1) is 19.8 Å². The van der Waals surface area contributed by atoms with Gasteiger partial charge in [0.1, 0.15) is 13.2 Å². The maximum atomic E-state index is 13.4. The number of Topliss-reactive ketones (excluding diaryl/α,β-unsaturated/α-hetero) is 1. The number of aryl methyl sites for hydroxylation is 1. The highest BCUT2D eigenvalue weighted by Gasteiger charge is 2.29. The molecule has 0 radical (unpaired) electrons. The maximum Gasteiger partial charge on any atom is 0.243 e. The fraction of sp³-hybridized carbons (Fsp3) is 0.500. The molecule has 1 aliphatic heterocycles. The van der Waals surface area contributed by atoms with Crippen LogP contribution in [-0.2, 0) is 17.1 Å². The van der Waals surface area contributed by atoms with Crippen LogP contribution in [0.5, 0.6) is 11.5 Å². The number of nitrogens with zero attached hydrogens (tertiary/aromatic N) is 2. The van der Waals surface area contributed by atoms with Gasteiger partial charge in [-0.25, -0.2) is 8.42 Å². The Morgan fingerprint density at radius 3 is 2.40 bits per heavy atom. The molecule has 0 fully saturated rings. The van der Waals surface area contributed by atoms with Gasteiger partial charge in [-0.15, -0.1) is 0 Å². The molecule has 30 heavy (non-hydrogen) atoms. The summed E-state index contributed by atoms with van der Waals surface area (Å²) in [5, 5.41) is 0. The monoisotopic (exact) mass is 434 g/mol. The molecule has 1 aromatic heterocycles. The van der Waals surface area contributed by atoms with E-state index in [-0.39, 0.29) is 23.8 Å². The van der Waals surface area contributed by atoms with Crippen LogP contribution in [-0.4, -0.2) is 49.4 Å². The molecule has 2 heterocycles. The second kappa shape index (κ2) is 8.81. The van der Waals surface area contributed by atoms with Crippen molar-refractivity contribution in [2.45, 2.75) is 39.0 Å². The van der Waals surface area contributed by atoms with Crippen molar-refractivity contribution in [2.24, 2.45) is 13.0 Å². The Morgan fingerprint density at radius 1 is 1.13 bits per heavy atom. The molecule has 8 heteroatoms. The third-order valence-corrected chi connectivity index (χ3v) is 7.34. The van der Waals surface area contributed by atoms with Gasteiger partial charge < -0.3 is 14.0 Å². The molecule has 0 bridgehead atoms. The summed E-state index contributed by atoms with van der Waals surface area (Å²) in [7, 11) is -1.99. The van der Waals surface area contributed by atoms with E-state index in [9.17, 15) is 13.2 Å². The largest absolute Gasteiger partial charge is 0.486 e. The SMILES string of the molecule is Cc1cc(C(=O)CN(CCC(C)C)S(=O)(=O)c2ccc3c(c2)OCCO3)c(C)n1C. The number of hydrogen-bond donors (Lipinski definition) is 0. The molecular formula is C22H30N2O5S. The maximum absolute atomic E-state index is 13.4. The third kappa shape index (κ3) is 4.54. The summed E-state index contributed by atoms with van der Waals surface area (Å²) in [5.74, 6) is 1.03. The van der Waals surface area contributed by atoms with Gasteiger partial charge in [0.05, 0.1) is 11.4 Å². The number of sulfonamides is 1. The van der Waals surface area contributed by atoms with Gasteiger partial charge >= 0.3 is 0 Å². The molecule has 1 aliphatic rings. The number of fused-ring (bicyclic) bond motifs is 1. The summed E-state index contributed by atoms with van der Waals surface area (Å²) < 4.78 is 41.1. The van der Waals surface area contributed by atoms with Gasteiger partial charge in [-0.3, -0.25) is 4.79 Å². The number of ether oxygens (including phenoxy) is 2. The Kier molecular flexibility index (Phi) is 6.57. The smallest absolute Gasteiger partial charge is 0.243 e. The molecule has 0 unspecified atom stereocenters. The van der Waals surface area contributed by atoms with Crippen LogP contribution in [0.2, 0.25) is 0 Å². The van der Waals surface area contributed by atoms with Gasteiger partial charge in [-0.1, -0.05) is 13.8 Å². The Labute approximate surface area is 178 Å². The highest BCUT2D eigenvalue weighted by Crippen LogP contribution is 2.33. The average molecular weight is 435 g/mol. The molecule has 164 valence electrons. The van der Waals surface area contributed by atoms with Crippen molar-refractivity contribution in [1.29, 1.82) is 0 Å². The Morgan fingerprint density at radius 2 is 1.80 bits per heavy atom. The van der Waals surface area contributed by atoms with Crippen LogP contribution < -0.4 is 9.47 Å². The molecule has 3 rings (SSSR count). The fourth-order valence-electron chi connectivity index (χ4n) is 3.40. The van der Waals surface area contributed by atoms with Crippen LogP contribution in [0.25, 0.3) is 0 Å². The molecule has 0 amide bonds. The topological polar surface area (TPSA) is 77.8 Å². The predicted octanol–water partition coefficient (Wildman–Crippen LogP) is 3.33. The first-order valence-corrected chi connectivity index (χ1v) is 11.6. The summed E-state index contributed by atoms with van der Waals surface area (Å²) >= 11 is 0. The molecule has 1 aromatic carbocycles. The van der Waals surface area contributed by atoms with E-state index in [2.05, 4.69) is 0 Å². The highest BCUT2D eigenvalue weighted by molar-refractivity contribution is 7.89. The van der Waals surface area contributed by atoms with Crippen LogP contribution in [0.15, 0.2) is 29.2 Å². The number of carbonyl (C=O) groups excluding carboxylic acids is 1. The van der Waals surface area contributed by atoms with Gasteiger partial charge in [-0.05, 0) is 44.4 Å².